The molecule has 1 unspecified atom stereocenters. The summed E-state index contributed by atoms with van der Waals surface area (Å²) in [5, 5.41) is 7.56. The quantitative estimate of drug-likeness (QED) is 0.427. The van der Waals surface area contributed by atoms with Gasteiger partial charge in [0.25, 0.3) is 11.8 Å². The lowest BCUT2D eigenvalue weighted by molar-refractivity contribution is -0.123. The maximum Gasteiger partial charge on any atom is 0.315 e. The molecule has 10 nitrogen and oxygen atoms in total. The van der Waals surface area contributed by atoms with Crippen molar-refractivity contribution in [3.05, 3.63) is 46.7 Å². The molecule has 2 aromatic rings. The van der Waals surface area contributed by atoms with Crippen molar-refractivity contribution in [1.29, 1.82) is 0 Å². The van der Waals surface area contributed by atoms with Gasteiger partial charge < -0.3 is 20.3 Å². The number of nitrogens with one attached hydrogen (secondary N) is 4. The molecule has 1 aromatic carbocycles. The van der Waals surface area contributed by atoms with Gasteiger partial charge in [-0.1, -0.05) is 25.5 Å². The third-order valence-corrected chi connectivity index (χ3v) is 5.77. The monoisotopic (exact) mass is 478 g/mol. The molecule has 12 heteroatoms. The Hall–Kier alpha value is -3.25. The number of carbonyl (C=O) groups excluding carboxylic acids is 3. The molecule has 0 aliphatic carbocycles. The van der Waals surface area contributed by atoms with E-state index in [1.54, 1.807) is 17.5 Å². The zero-order valence-corrected chi connectivity index (χ0v) is 19.0. The lowest BCUT2D eigenvalue weighted by atomic mass is 10.1. The highest BCUT2D eigenvalue weighted by molar-refractivity contribution is 7.13. The van der Waals surface area contributed by atoms with Crippen LogP contribution in [0.25, 0.3) is 0 Å². The summed E-state index contributed by atoms with van der Waals surface area (Å²) >= 11 is 1.35. The fraction of sp³-hybridized carbons (Fsp3) is 0.429. The van der Waals surface area contributed by atoms with Crippen LogP contribution < -0.4 is 26.4 Å². The number of nitrogens with zero attached hydrogens (tertiary/aromatic N) is 2. The molecule has 2 heterocycles. The van der Waals surface area contributed by atoms with Gasteiger partial charge in [-0.3, -0.25) is 20.4 Å². The predicted molar refractivity (Wildman–Crippen MR) is 121 cm³/mol. The minimum absolute atomic E-state index is 0.179. The summed E-state index contributed by atoms with van der Waals surface area (Å²) in [6, 6.07) is 4.33. The second-order valence-corrected chi connectivity index (χ2v) is 8.19. The van der Waals surface area contributed by atoms with Gasteiger partial charge in [0.05, 0.1) is 13.2 Å². The van der Waals surface area contributed by atoms with Gasteiger partial charge >= 0.3 is 6.03 Å². The van der Waals surface area contributed by atoms with Crippen LogP contribution in [0, 0.1) is 5.82 Å². The number of carbonyl (C=O) groups is 3. The number of amides is 4. The summed E-state index contributed by atoms with van der Waals surface area (Å²) in [5.41, 5.74) is 5.60. The first kappa shape index (κ1) is 24.4. The number of ether oxygens (including phenoxy) is 1. The highest BCUT2D eigenvalue weighted by atomic mass is 32.1. The number of hydrogen-bond acceptors (Lipinski definition) is 7. The maximum absolute atomic E-state index is 13.0. The van der Waals surface area contributed by atoms with Gasteiger partial charge in [0.2, 0.25) is 0 Å². The topological polar surface area (TPSA) is 125 Å². The predicted octanol–water partition coefficient (Wildman–Crippen LogP) is 1.55. The van der Waals surface area contributed by atoms with Gasteiger partial charge in [0.15, 0.2) is 5.13 Å². The van der Waals surface area contributed by atoms with Crippen molar-refractivity contribution in [1.82, 2.24) is 26.5 Å². The normalized spacial score (nSPS) is 14.3. The second kappa shape index (κ2) is 12.1. The standard InChI is InChI=1S/C21H27FN6O4S/c1-2-3-16(24-20(31)23-12-14-4-6-15(22)7-5-14)18(29)26-27-19(30)17-13-33-21(25-17)28-8-10-32-11-9-28/h4-7,13,16H,2-3,8-12H2,1H3,(H,26,29)(H,27,30)(H2,23,24,31). The summed E-state index contributed by atoms with van der Waals surface area (Å²) < 4.78 is 18.3. The molecule has 4 amide bonds. The van der Waals surface area contributed by atoms with E-state index in [0.29, 0.717) is 39.1 Å². The largest absolute Gasteiger partial charge is 0.378 e. The summed E-state index contributed by atoms with van der Waals surface area (Å²) in [5.74, 6) is -1.46. The fourth-order valence-electron chi connectivity index (χ4n) is 3.09. The van der Waals surface area contributed by atoms with Crippen molar-refractivity contribution in [3.63, 3.8) is 0 Å². The van der Waals surface area contributed by atoms with E-state index in [2.05, 4.69) is 26.5 Å². The van der Waals surface area contributed by atoms with E-state index < -0.39 is 23.9 Å². The van der Waals surface area contributed by atoms with Crippen LogP contribution >= 0.6 is 11.3 Å². The Labute approximate surface area is 194 Å². The maximum atomic E-state index is 13.0. The number of halogens is 1. The molecule has 1 aliphatic rings. The summed E-state index contributed by atoms with van der Waals surface area (Å²) in [6.45, 7) is 4.69. The SMILES string of the molecule is CCCC(NC(=O)NCc1ccc(F)cc1)C(=O)NNC(=O)c1csc(N2CCOCC2)n1. The number of hydrogen-bond donors (Lipinski definition) is 4. The number of rotatable bonds is 8. The smallest absolute Gasteiger partial charge is 0.315 e. The number of thiazole rings is 1. The van der Waals surface area contributed by atoms with E-state index >= 15 is 0 Å². The molecular formula is C21H27FN6O4S. The molecule has 4 N–H and O–H groups in total. The number of anilines is 1. The summed E-state index contributed by atoms with van der Waals surface area (Å²) in [6.07, 6.45) is 1.02. The van der Waals surface area contributed by atoms with Gasteiger partial charge in [-0.05, 0) is 24.1 Å². The molecule has 3 rings (SSSR count). The molecule has 0 bridgehead atoms. The molecule has 1 saturated heterocycles. The summed E-state index contributed by atoms with van der Waals surface area (Å²) in [4.78, 5) is 43.5. The van der Waals surface area contributed by atoms with Crippen LogP contribution in [0.5, 0.6) is 0 Å². The number of hydrazine groups is 1. The minimum Gasteiger partial charge on any atom is -0.378 e. The first-order valence-electron chi connectivity index (χ1n) is 10.6. The van der Waals surface area contributed by atoms with Crippen molar-refractivity contribution >= 4 is 34.3 Å². The highest BCUT2D eigenvalue weighted by Gasteiger charge is 2.22. The fourth-order valence-corrected chi connectivity index (χ4v) is 3.95. The minimum atomic E-state index is -0.845. The number of aromatic nitrogens is 1. The van der Waals surface area contributed by atoms with Crippen LogP contribution in [0.1, 0.15) is 35.8 Å². The zero-order valence-electron chi connectivity index (χ0n) is 18.2. The lowest BCUT2D eigenvalue weighted by Gasteiger charge is -2.25. The molecule has 0 spiro atoms. The second-order valence-electron chi connectivity index (χ2n) is 7.35. The van der Waals surface area contributed by atoms with Crippen molar-refractivity contribution in [3.8, 4) is 0 Å². The van der Waals surface area contributed by atoms with Gasteiger partial charge in [0, 0.05) is 25.0 Å². The van der Waals surface area contributed by atoms with E-state index in [-0.39, 0.29) is 18.1 Å². The first-order valence-corrected chi connectivity index (χ1v) is 11.5. The first-order chi connectivity index (χ1) is 16.0. The number of benzene rings is 1. The van der Waals surface area contributed by atoms with Crippen molar-refractivity contribution in [2.45, 2.75) is 32.4 Å². The van der Waals surface area contributed by atoms with Crippen LogP contribution in [-0.2, 0) is 16.1 Å². The molecular weight excluding hydrogens is 451 g/mol. The Kier molecular flexibility index (Phi) is 8.95. The van der Waals surface area contributed by atoms with E-state index in [4.69, 9.17) is 4.74 Å². The van der Waals surface area contributed by atoms with E-state index in [1.807, 2.05) is 11.8 Å². The third kappa shape index (κ3) is 7.39. The van der Waals surface area contributed by atoms with Gasteiger partial charge in [-0.2, -0.15) is 0 Å². The van der Waals surface area contributed by atoms with Crippen molar-refractivity contribution in [2.75, 3.05) is 31.2 Å². The Morgan fingerprint density at radius 1 is 1.18 bits per heavy atom. The van der Waals surface area contributed by atoms with Crippen molar-refractivity contribution < 1.29 is 23.5 Å². The van der Waals surface area contributed by atoms with Gasteiger partial charge in [0.1, 0.15) is 17.6 Å². The number of urea groups is 1. The molecule has 178 valence electrons. The van der Waals surface area contributed by atoms with Crippen molar-refractivity contribution in [2.24, 2.45) is 0 Å². The molecule has 1 atom stereocenters. The molecule has 1 fully saturated rings. The molecule has 1 aliphatic heterocycles. The molecule has 33 heavy (non-hydrogen) atoms. The average molecular weight is 479 g/mol. The average Bonchev–Trinajstić information content (AvgIpc) is 3.33. The van der Waals surface area contributed by atoms with Crippen LogP contribution in [0.15, 0.2) is 29.6 Å². The van der Waals surface area contributed by atoms with Crippen LogP contribution in [-0.4, -0.2) is 55.2 Å². The highest BCUT2D eigenvalue weighted by Crippen LogP contribution is 2.21. The van der Waals surface area contributed by atoms with Crippen LogP contribution in [0.4, 0.5) is 14.3 Å². The Balaban J connectivity index is 1.46. The lowest BCUT2D eigenvalue weighted by Crippen LogP contribution is -2.54. The zero-order chi connectivity index (χ0) is 23.6. The Morgan fingerprint density at radius 2 is 1.91 bits per heavy atom. The molecule has 0 radical (unpaired) electrons. The van der Waals surface area contributed by atoms with Crippen LogP contribution in [0.2, 0.25) is 0 Å². The van der Waals surface area contributed by atoms with E-state index in [1.165, 1.54) is 23.5 Å². The molecule has 0 saturated carbocycles. The summed E-state index contributed by atoms with van der Waals surface area (Å²) in [7, 11) is 0. The van der Waals surface area contributed by atoms with E-state index in [0.717, 1.165) is 10.7 Å². The van der Waals surface area contributed by atoms with Gasteiger partial charge in [-0.15, -0.1) is 11.3 Å². The molecule has 1 aromatic heterocycles. The third-order valence-electron chi connectivity index (χ3n) is 4.87. The Bertz CT molecular complexity index is 948. The Morgan fingerprint density at radius 3 is 2.61 bits per heavy atom. The van der Waals surface area contributed by atoms with Gasteiger partial charge in [-0.25, -0.2) is 14.2 Å². The number of morpholine rings is 1. The van der Waals surface area contributed by atoms with Crippen LogP contribution in [0.3, 0.4) is 0 Å². The van der Waals surface area contributed by atoms with E-state index in [9.17, 15) is 18.8 Å².